The highest BCUT2D eigenvalue weighted by molar-refractivity contribution is 5.96. The van der Waals surface area contributed by atoms with Crippen molar-refractivity contribution in [1.82, 2.24) is 4.90 Å². The normalized spacial score (nSPS) is 16.2. The molecule has 0 rings (SSSR count). The number of hydrogen-bond donors (Lipinski definition) is 2. The van der Waals surface area contributed by atoms with E-state index in [4.69, 9.17) is 16.2 Å². The number of carbonyl (C=O) groups is 2. The first-order valence-electron chi connectivity index (χ1n) is 7.47. The molecule has 2 amide bonds. The molecule has 6 nitrogen and oxygen atoms in total. The lowest BCUT2D eigenvalue weighted by atomic mass is 9.95. The van der Waals surface area contributed by atoms with Crippen molar-refractivity contribution in [1.29, 1.82) is 0 Å². The number of ether oxygens (including phenoxy) is 1. The van der Waals surface area contributed by atoms with Crippen molar-refractivity contribution in [2.24, 2.45) is 11.5 Å². The minimum atomic E-state index is -0.542. The van der Waals surface area contributed by atoms with Gasteiger partial charge >= 0.3 is 0 Å². The fourth-order valence-corrected chi connectivity index (χ4v) is 2.37. The Morgan fingerprint density at radius 3 is 2.05 bits per heavy atom. The van der Waals surface area contributed by atoms with Crippen LogP contribution in [-0.4, -0.2) is 49.6 Å². The van der Waals surface area contributed by atoms with Crippen LogP contribution in [0.1, 0.15) is 34.1 Å². The molecule has 0 spiro atoms. The van der Waals surface area contributed by atoms with E-state index in [0.29, 0.717) is 29.7 Å². The lowest BCUT2D eigenvalue weighted by molar-refractivity contribution is -0.115. The molecule has 0 fully saturated rings. The molecule has 6 heteroatoms. The molecule has 0 aliphatic rings. The number of rotatable bonds is 9. The van der Waals surface area contributed by atoms with Crippen molar-refractivity contribution in [3.63, 3.8) is 0 Å². The second-order valence-corrected chi connectivity index (χ2v) is 5.39. The molecule has 0 aliphatic heterocycles. The molecule has 0 aromatic heterocycles. The summed E-state index contributed by atoms with van der Waals surface area (Å²) in [5, 5.41) is 0. The number of likely N-dealkylation sites (N-methyl/N-ethyl adjacent to an activating group) is 1. The van der Waals surface area contributed by atoms with Gasteiger partial charge in [0.25, 0.3) is 0 Å². The van der Waals surface area contributed by atoms with Crippen molar-refractivity contribution < 1.29 is 14.3 Å². The molecule has 0 heterocycles. The van der Waals surface area contributed by atoms with Gasteiger partial charge in [0.15, 0.2) is 0 Å². The molecule has 0 saturated heterocycles. The predicted molar refractivity (Wildman–Crippen MR) is 88.0 cm³/mol. The monoisotopic (exact) mass is 311 g/mol. The summed E-state index contributed by atoms with van der Waals surface area (Å²) in [6, 6.07) is -0.137. The molecule has 126 valence electrons. The van der Waals surface area contributed by atoms with Crippen LogP contribution in [0.4, 0.5) is 0 Å². The molecule has 0 aliphatic carbocycles. The van der Waals surface area contributed by atoms with Crippen LogP contribution in [0.15, 0.2) is 22.8 Å². The third-order valence-corrected chi connectivity index (χ3v) is 3.62. The van der Waals surface area contributed by atoms with Gasteiger partial charge in [-0.2, -0.15) is 0 Å². The fourth-order valence-electron chi connectivity index (χ4n) is 2.37. The van der Waals surface area contributed by atoms with Gasteiger partial charge in [-0.15, -0.1) is 0 Å². The summed E-state index contributed by atoms with van der Waals surface area (Å²) < 4.78 is 5.55. The van der Waals surface area contributed by atoms with E-state index in [9.17, 15) is 9.59 Å². The van der Waals surface area contributed by atoms with Crippen LogP contribution in [0.5, 0.6) is 0 Å². The third kappa shape index (κ3) is 5.61. The van der Waals surface area contributed by atoms with E-state index in [2.05, 4.69) is 0 Å². The molecular weight excluding hydrogens is 282 g/mol. The fraction of sp³-hybridized carbons (Fsp3) is 0.625. The quantitative estimate of drug-likeness (QED) is 0.489. The Morgan fingerprint density at radius 1 is 1.18 bits per heavy atom. The predicted octanol–water partition coefficient (Wildman–Crippen LogP) is 0.965. The largest absolute Gasteiger partial charge is 0.374 e. The summed E-state index contributed by atoms with van der Waals surface area (Å²) in [4.78, 5) is 25.3. The van der Waals surface area contributed by atoms with Crippen LogP contribution in [0.3, 0.4) is 0 Å². The van der Waals surface area contributed by atoms with Gasteiger partial charge in [0.05, 0.1) is 6.10 Å². The molecule has 0 saturated carbocycles. The Balaban J connectivity index is 6.05. The van der Waals surface area contributed by atoms with Gasteiger partial charge < -0.3 is 21.1 Å². The Labute approximate surface area is 133 Å². The third-order valence-electron chi connectivity index (χ3n) is 3.62. The van der Waals surface area contributed by atoms with Gasteiger partial charge in [-0.25, -0.2) is 0 Å². The summed E-state index contributed by atoms with van der Waals surface area (Å²) in [7, 11) is 3.75. The second-order valence-electron chi connectivity index (χ2n) is 5.39. The summed E-state index contributed by atoms with van der Waals surface area (Å²) in [5.74, 6) is -1.06. The average molecular weight is 311 g/mol. The zero-order valence-electron chi connectivity index (χ0n) is 14.5. The number of amides is 2. The van der Waals surface area contributed by atoms with Crippen LogP contribution >= 0.6 is 0 Å². The smallest absolute Gasteiger partial charge is 0.246 e. The topological polar surface area (TPSA) is 98.7 Å². The molecule has 0 radical (unpaired) electrons. The molecule has 22 heavy (non-hydrogen) atoms. The first-order chi connectivity index (χ1) is 10.2. The van der Waals surface area contributed by atoms with Crippen LogP contribution < -0.4 is 11.5 Å². The van der Waals surface area contributed by atoms with E-state index in [1.807, 2.05) is 39.8 Å². The maximum absolute atomic E-state index is 11.9. The molecule has 0 aromatic carbocycles. The molecule has 0 aromatic rings. The lowest BCUT2D eigenvalue weighted by Gasteiger charge is -2.25. The second kappa shape index (κ2) is 9.38. The zero-order chi connectivity index (χ0) is 17.4. The average Bonchev–Trinajstić information content (AvgIpc) is 2.41. The van der Waals surface area contributed by atoms with Crippen molar-refractivity contribution in [2.45, 2.75) is 46.3 Å². The van der Waals surface area contributed by atoms with Crippen LogP contribution in [0, 0.1) is 0 Å². The number of primary amides is 2. The van der Waals surface area contributed by atoms with Crippen LogP contribution in [0.2, 0.25) is 0 Å². The Morgan fingerprint density at radius 2 is 1.73 bits per heavy atom. The van der Waals surface area contributed by atoms with Crippen molar-refractivity contribution >= 4 is 11.8 Å². The summed E-state index contributed by atoms with van der Waals surface area (Å²) in [6.45, 7) is 7.76. The minimum absolute atomic E-state index is 0.137. The van der Waals surface area contributed by atoms with Gasteiger partial charge in [0.1, 0.15) is 0 Å². The minimum Gasteiger partial charge on any atom is -0.374 e. The van der Waals surface area contributed by atoms with Gasteiger partial charge in [0, 0.05) is 23.8 Å². The van der Waals surface area contributed by atoms with E-state index < -0.39 is 11.8 Å². The number of hydrogen-bond acceptors (Lipinski definition) is 4. The van der Waals surface area contributed by atoms with E-state index in [1.54, 1.807) is 13.0 Å². The van der Waals surface area contributed by atoms with Gasteiger partial charge in [-0.3, -0.25) is 9.59 Å². The number of nitrogens with two attached hydrogens (primary N) is 2. The highest BCUT2D eigenvalue weighted by Crippen LogP contribution is 2.20. The number of carbonyl (C=O) groups excluding carboxylic acids is 2. The van der Waals surface area contributed by atoms with E-state index >= 15 is 0 Å². The maximum atomic E-state index is 11.9. The first-order valence-corrected chi connectivity index (χ1v) is 7.47. The summed E-state index contributed by atoms with van der Waals surface area (Å²) in [6.07, 6.45) is 2.01. The van der Waals surface area contributed by atoms with Crippen LogP contribution in [-0.2, 0) is 14.3 Å². The summed E-state index contributed by atoms with van der Waals surface area (Å²) >= 11 is 0. The Bertz CT molecular complexity index is 467. The highest BCUT2D eigenvalue weighted by atomic mass is 16.5. The zero-order valence-corrected chi connectivity index (χ0v) is 14.5. The molecule has 2 atom stereocenters. The van der Waals surface area contributed by atoms with Crippen molar-refractivity contribution in [2.75, 3.05) is 20.7 Å². The Hall–Kier alpha value is -1.66. The highest BCUT2D eigenvalue weighted by Gasteiger charge is 2.22. The van der Waals surface area contributed by atoms with Crippen LogP contribution in [0.25, 0.3) is 0 Å². The SMILES string of the molecule is CCOC(C)C(/C=C(\C(N)=O)C(CC)N(C)C)=C(/C)C(N)=O. The van der Waals surface area contributed by atoms with Gasteiger partial charge in [-0.05, 0) is 52.9 Å². The Kier molecular flexibility index (Phi) is 8.67. The van der Waals surface area contributed by atoms with Crippen molar-refractivity contribution in [3.05, 3.63) is 22.8 Å². The molecular formula is C16H29N3O3. The molecule has 2 unspecified atom stereocenters. The molecule has 0 bridgehead atoms. The molecule has 4 N–H and O–H groups in total. The van der Waals surface area contributed by atoms with Crippen molar-refractivity contribution in [3.8, 4) is 0 Å². The van der Waals surface area contributed by atoms with E-state index in [1.165, 1.54) is 0 Å². The lowest BCUT2D eigenvalue weighted by Crippen LogP contribution is -2.35. The van der Waals surface area contributed by atoms with Gasteiger partial charge in [0.2, 0.25) is 11.8 Å². The van der Waals surface area contributed by atoms with E-state index in [-0.39, 0.29) is 12.1 Å². The van der Waals surface area contributed by atoms with E-state index in [0.717, 1.165) is 0 Å². The standard InChI is InChI=1S/C16H29N3O3/c1-7-14(19(5)6)13(16(18)21)9-12(10(3)15(17)20)11(4)22-8-2/h9,11,14H,7-8H2,1-6H3,(H2,17,20)(H2,18,21)/b12-10-,13-9-. The summed E-state index contributed by atoms with van der Waals surface area (Å²) in [5.41, 5.74) is 12.3. The number of nitrogens with zero attached hydrogens (tertiary/aromatic N) is 1. The first kappa shape index (κ1) is 20.3. The maximum Gasteiger partial charge on any atom is 0.246 e. The van der Waals surface area contributed by atoms with Gasteiger partial charge in [-0.1, -0.05) is 6.92 Å².